The highest BCUT2D eigenvalue weighted by Crippen LogP contribution is 2.26. The third-order valence-electron chi connectivity index (χ3n) is 3.72. The molecule has 0 fully saturated rings. The minimum Gasteiger partial charge on any atom is -0.358 e. The van der Waals surface area contributed by atoms with E-state index in [-0.39, 0.29) is 18.2 Å². The third kappa shape index (κ3) is 6.16. The number of carbonyl (C=O) groups excluding carboxylic acids is 3. The van der Waals surface area contributed by atoms with Gasteiger partial charge in [-0.2, -0.15) is 0 Å². The van der Waals surface area contributed by atoms with Crippen molar-refractivity contribution < 1.29 is 20.1 Å². The molecule has 0 heterocycles. The number of nitrogens with one attached hydrogen (secondary N) is 2. The summed E-state index contributed by atoms with van der Waals surface area (Å²) in [4.78, 5) is 36.6. The highest BCUT2D eigenvalue weighted by atomic mass is 79.9. The van der Waals surface area contributed by atoms with Crippen LogP contribution in [0, 0.1) is 0 Å². The van der Waals surface area contributed by atoms with Gasteiger partial charge in [-0.05, 0) is 30.3 Å². The summed E-state index contributed by atoms with van der Waals surface area (Å²) in [6, 6.07) is 11.7. The predicted molar refractivity (Wildman–Crippen MR) is 108 cm³/mol. The van der Waals surface area contributed by atoms with Crippen LogP contribution in [0.5, 0.6) is 0 Å². The molecule has 0 aliphatic rings. The second-order valence-electron chi connectivity index (χ2n) is 5.78. The Morgan fingerprint density at radius 3 is 2.48 bits per heavy atom. The van der Waals surface area contributed by atoms with Crippen LogP contribution in [0.25, 0.3) is 0 Å². The number of benzene rings is 2. The van der Waals surface area contributed by atoms with Crippen molar-refractivity contribution in [3.05, 3.63) is 63.1 Å². The quantitative estimate of drug-likeness (QED) is 0.535. The van der Waals surface area contributed by atoms with Crippen molar-refractivity contribution in [2.24, 2.45) is 0 Å². The first-order chi connectivity index (χ1) is 12.9. The van der Waals surface area contributed by atoms with Gasteiger partial charge in [0.25, 0.3) is 0 Å². The molecule has 0 aromatic heterocycles. The topological polar surface area (TPSA) is 103 Å². The minimum absolute atomic E-state index is 0.175. The maximum atomic E-state index is 12.9. The monoisotopic (exact) mass is 452 g/mol. The summed E-state index contributed by atoms with van der Waals surface area (Å²) in [5.74, 6) is -0.942. The Balaban J connectivity index is 2.14. The molecule has 0 atom stereocenters. The van der Waals surface area contributed by atoms with E-state index in [0.29, 0.717) is 45.7 Å². The van der Waals surface area contributed by atoms with Crippen molar-refractivity contribution in [3.8, 4) is 0 Å². The molecule has 0 aliphatic heterocycles. The standard InChI is InChI=1S/C19H19BrClN3O3/c20-12-7-8-16(24-18(26)11-23-17(25)6-3-9-22)14(10-12)19(27)13-4-1-2-5-15(13)21/h1-2,4-5,7-8,10H,3,6,9,11,22H2,(H,23,25)(H,24,26)/p+1. The van der Waals surface area contributed by atoms with Gasteiger partial charge in [-0.1, -0.05) is 39.7 Å². The van der Waals surface area contributed by atoms with Crippen LogP contribution >= 0.6 is 27.5 Å². The summed E-state index contributed by atoms with van der Waals surface area (Å²) in [6.07, 6.45) is 0.988. The van der Waals surface area contributed by atoms with Crippen LogP contribution in [-0.2, 0) is 9.59 Å². The number of carbonyl (C=O) groups is 3. The fourth-order valence-corrected chi connectivity index (χ4v) is 2.93. The van der Waals surface area contributed by atoms with Crippen molar-refractivity contribution in [2.75, 3.05) is 18.4 Å². The van der Waals surface area contributed by atoms with Crippen LogP contribution in [0.4, 0.5) is 5.69 Å². The molecule has 2 amide bonds. The summed E-state index contributed by atoms with van der Waals surface area (Å²) < 4.78 is 0.692. The Kier molecular flexibility index (Phi) is 7.97. The first-order valence-electron chi connectivity index (χ1n) is 8.37. The Labute approximate surface area is 170 Å². The number of rotatable bonds is 8. The zero-order valence-corrected chi connectivity index (χ0v) is 16.9. The normalized spacial score (nSPS) is 10.3. The lowest BCUT2D eigenvalue weighted by Gasteiger charge is -2.12. The van der Waals surface area contributed by atoms with Gasteiger partial charge in [-0.25, -0.2) is 0 Å². The molecule has 0 radical (unpaired) electrons. The number of anilines is 1. The molecular weight excluding hydrogens is 434 g/mol. The van der Waals surface area contributed by atoms with E-state index in [9.17, 15) is 14.4 Å². The number of hydrogen-bond donors (Lipinski definition) is 3. The maximum absolute atomic E-state index is 12.9. The fourth-order valence-electron chi connectivity index (χ4n) is 2.35. The van der Waals surface area contributed by atoms with Gasteiger partial charge in [0.2, 0.25) is 11.8 Å². The van der Waals surface area contributed by atoms with Gasteiger partial charge in [0.1, 0.15) is 0 Å². The van der Waals surface area contributed by atoms with Crippen molar-refractivity contribution in [1.82, 2.24) is 5.32 Å². The molecule has 0 saturated carbocycles. The maximum Gasteiger partial charge on any atom is 0.243 e. The lowest BCUT2D eigenvalue weighted by Crippen LogP contribution is -2.50. The van der Waals surface area contributed by atoms with Gasteiger partial charge in [-0.15, -0.1) is 0 Å². The number of amides is 2. The summed E-state index contributed by atoms with van der Waals surface area (Å²) in [5.41, 5.74) is 4.66. The van der Waals surface area contributed by atoms with E-state index >= 15 is 0 Å². The van der Waals surface area contributed by atoms with E-state index < -0.39 is 5.91 Å². The van der Waals surface area contributed by atoms with E-state index in [1.165, 1.54) is 0 Å². The average molecular weight is 454 g/mol. The minimum atomic E-state index is -0.423. The Bertz CT molecular complexity index is 858. The van der Waals surface area contributed by atoms with E-state index in [1.54, 1.807) is 42.5 Å². The Hall–Kier alpha value is -2.22. The van der Waals surface area contributed by atoms with Crippen LogP contribution in [0.2, 0.25) is 5.02 Å². The molecule has 0 unspecified atom stereocenters. The molecule has 2 aromatic rings. The molecule has 0 bridgehead atoms. The lowest BCUT2D eigenvalue weighted by atomic mass is 10.0. The molecule has 5 N–H and O–H groups in total. The second kappa shape index (κ2) is 10.2. The first-order valence-corrected chi connectivity index (χ1v) is 9.54. The third-order valence-corrected chi connectivity index (χ3v) is 4.54. The zero-order valence-electron chi connectivity index (χ0n) is 14.6. The highest BCUT2D eigenvalue weighted by molar-refractivity contribution is 9.10. The summed E-state index contributed by atoms with van der Waals surface area (Å²) >= 11 is 9.46. The van der Waals surface area contributed by atoms with E-state index in [2.05, 4.69) is 32.3 Å². The average Bonchev–Trinajstić information content (AvgIpc) is 2.66. The smallest absolute Gasteiger partial charge is 0.243 e. The molecule has 0 aliphatic carbocycles. The van der Waals surface area contributed by atoms with E-state index in [1.807, 2.05) is 0 Å². The summed E-state index contributed by atoms with van der Waals surface area (Å²) in [5, 5.41) is 5.54. The molecule has 2 rings (SSSR count). The van der Waals surface area contributed by atoms with Crippen molar-refractivity contribution >= 4 is 50.8 Å². The van der Waals surface area contributed by atoms with E-state index in [0.717, 1.165) is 0 Å². The second-order valence-corrected chi connectivity index (χ2v) is 7.10. The van der Waals surface area contributed by atoms with Gasteiger partial charge >= 0.3 is 0 Å². The number of ketones is 1. The number of hydrogen-bond acceptors (Lipinski definition) is 3. The molecule has 0 spiro atoms. The van der Waals surface area contributed by atoms with Gasteiger partial charge in [0.05, 0.1) is 23.8 Å². The van der Waals surface area contributed by atoms with Gasteiger partial charge in [-0.3, -0.25) is 14.4 Å². The van der Waals surface area contributed by atoms with Crippen molar-refractivity contribution in [1.29, 1.82) is 0 Å². The molecule has 6 nitrogen and oxygen atoms in total. The van der Waals surface area contributed by atoms with Crippen molar-refractivity contribution in [2.45, 2.75) is 12.8 Å². The number of halogens is 2. The molecule has 2 aromatic carbocycles. The van der Waals surface area contributed by atoms with Crippen LogP contribution in [0.15, 0.2) is 46.9 Å². The fraction of sp³-hybridized carbons (Fsp3) is 0.211. The highest BCUT2D eigenvalue weighted by Gasteiger charge is 2.18. The lowest BCUT2D eigenvalue weighted by molar-refractivity contribution is -0.368. The molecule has 142 valence electrons. The predicted octanol–water partition coefficient (Wildman–Crippen LogP) is 2.41. The van der Waals surface area contributed by atoms with E-state index in [4.69, 9.17) is 11.6 Å². The van der Waals surface area contributed by atoms with Gasteiger partial charge < -0.3 is 16.4 Å². The first kappa shape index (κ1) is 21.1. The Morgan fingerprint density at radius 2 is 1.78 bits per heavy atom. The van der Waals surface area contributed by atoms with Crippen LogP contribution in [0.3, 0.4) is 0 Å². The molecule has 27 heavy (non-hydrogen) atoms. The van der Waals surface area contributed by atoms with Crippen LogP contribution < -0.4 is 16.4 Å². The summed E-state index contributed by atoms with van der Waals surface area (Å²) in [6.45, 7) is 0.484. The number of quaternary nitrogens is 1. The van der Waals surface area contributed by atoms with Crippen LogP contribution in [-0.4, -0.2) is 30.7 Å². The molecular formula is C19H20BrClN3O3+. The summed E-state index contributed by atoms with van der Waals surface area (Å²) in [7, 11) is 0. The zero-order chi connectivity index (χ0) is 19.8. The SMILES string of the molecule is [NH3+]CCCC(=O)NCC(=O)Nc1ccc(Br)cc1C(=O)c1ccccc1Cl. The van der Waals surface area contributed by atoms with Gasteiger partial charge in [0.15, 0.2) is 5.78 Å². The van der Waals surface area contributed by atoms with Gasteiger partial charge in [0, 0.05) is 28.4 Å². The molecule has 8 heteroatoms. The Morgan fingerprint density at radius 1 is 1.04 bits per heavy atom. The van der Waals surface area contributed by atoms with Crippen molar-refractivity contribution in [3.63, 3.8) is 0 Å². The largest absolute Gasteiger partial charge is 0.358 e. The molecule has 0 saturated heterocycles. The van der Waals surface area contributed by atoms with Crippen LogP contribution in [0.1, 0.15) is 28.8 Å².